The van der Waals surface area contributed by atoms with Crippen molar-refractivity contribution in [3.63, 3.8) is 0 Å². The van der Waals surface area contributed by atoms with E-state index in [4.69, 9.17) is 4.74 Å². The summed E-state index contributed by atoms with van der Waals surface area (Å²) in [7, 11) is 0. The number of hydrogen-bond donors (Lipinski definition) is 1. The fourth-order valence-corrected chi connectivity index (χ4v) is 3.68. The largest absolute Gasteiger partial charge is 0.508 e. The third kappa shape index (κ3) is 6.41. The summed E-state index contributed by atoms with van der Waals surface area (Å²) in [6, 6.07) is 25.1. The number of halogens is 1. The van der Waals surface area contributed by atoms with Crippen LogP contribution in [-0.2, 0) is 21.3 Å². The summed E-state index contributed by atoms with van der Waals surface area (Å²) in [6.07, 6.45) is 2.67. The van der Waals surface area contributed by atoms with E-state index in [1.54, 1.807) is 24.4 Å². The first-order chi connectivity index (χ1) is 15.6. The molecular formula is C27H26BrNO3. The van der Waals surface area contributed by atoms with Crippen molar-refractivity contribution in [1.82, 2.24) is 4.98 Å². The lowest BCUT2D eigenvalue weighted by Gasteiger charge is -2.13. The number of aromatic hydroxyl groups is 1. The predicted octanol–water partition coefficient (Wildman–Crippen LogP) is 6.68. The molecule has 5 heteroatoms. The number of para-hydroxylation sites is 1. The number of nitrogens with zero attached hydrogens (tertiary/aromatic N) is 1. The van der Waals surface area contributed by atoms with E-state index < -0.39 is 0 Å². The van der Waals surface area contributed by atoms with Gasteiger partial charge in [-0.1, -0.05) is 83.5 Å². The number of ether oxygens (including phenoxy) is 1. The van der Waals surface area contributed by atoms with Crippen molar-refractivity contribution in [2.45, 2.75) is 25.1 Å². The van der Waals surface area contributed by atoms with E-state index in [2.05, 4.69) is 33.0 Å². The van der Waals surface area contributed by atoms with Gasteiger partial charge in [0, 0.05) is 16.9 Å². The van der Waals surface area contributed by atoms with Gasteiger partial charge in [0.25, 0.3) is 0 Å². The first kappa shape index (κ1) is 23.5. The van der Waals surface area contributed by atoms with Gasteiger partial charge in [-0.25, -0.2) is 0 Å². The van der Waals surface area contributed by atoms with Crippen molar-refractivity contribution >= 4 is 32.8 Å². The number of phenols is 1. The molecule has 4 rings (SSSR count). The van der Waals surface area contributed by atoms with E-state index in [1.165, 1.54) is 5.56 Å². The molecule has 0 saturated carbocycles. The minimum absolute atomic E-state index is 0.156. The first-order valence-electron chi connectivity index (χ1n) is 10.5. The van der Waals surface area contributed by atoms with Crippen LogP contribution in [0.15, 0.2) is 85.1 Å². The zero-order valence-electron chi connectivity index (χ0n) is 18.0. The number of carbonyl (C=O) groups is 1. The quantitative estimate of drug-likeness (QED) is 0.241. The lowest BCUT2D eigenvalue weighted by Crippen LogP contribution is -2.10. The minimum Gasteiger partial charge on any atom is -0.508 e. The Labute approximate surface area is 197 Å². The normalized spacial score (nSPS) is 10.3. The summed E-state index contributed by atoms with van der Waals surface area (Å²) in [5.74, 6) is -0.0803. The van der Waals surface area contributed by atoms with E-state index in [-0.39, 0.29) is 18.1 Å². The number of carbonyl (C=O) groups excluding carboxylic acids is 1. The average Bonchev–Trinajstić information content (AvgIpc) is 2.83. The number of pyridine rings is 1. The van der Waals surface area contributed by atoms with Gasteiger partial charge in [-0.3, -0.25) is 9.78 Å². The molecule has 0 bridgehead atoms. The molecule has 0 saturated heterocycles. The van der Waals surface area contributed by atoms with Crippen molar-refractivity contribution in [2.75, 3.05) is 6.61 Å². The molecule has 0 aliphatic rings. The average molecular weight is 492 g/mol. The molecule has 0 spiro atoms. The van der Waals surface area contributed by atoms with Crippen molar-refractivity contribution in [1.29, 1.82) is 0 Å². The molecular weight excluding hydrogens is 466 g/mol. The summed E-state index contributed by atoms with van der Waals surface area (Å²) in [5.41, 5.74) is 4.73. The van der Waals surface area contributed by atoms with Crippen LogP contribution in [0.4, 0.5) is 0 Å². The lowest BCUT2D eigenvalue weighted by atomic mass is 9.95. The maximum Gasteiger partial charge on any atom is 0.310 e. The van der Waals surface area contributed by atoms with Gasteiger partial charge in [-0.05, 0) is 46.9 Å². The fraction of sp³-hybridized carbons (Fsp3) is 0.185. The molecule has 164 valence electrons. The summed E-state index contributed by atoms with van der Waals surface area (Å²) in [5, 5.41) is 11.7. The van der Waals surface area contributed by atoms with Crippen molar-refractivity contribution in [2.24, 2.45) is 0 Å². The van der Waals surface area contributed by atoms with Crippen LogP contribution in [0.25, 0.3) is 22.0 Å². The Hall–Kier alpha value is -3.18. The number of fused-ring (bicyclic) bond motifs is 1. The zero-order chi connectivity index (χ0) is 22.8. The summed E-state index contributed by atoms with van der Waals surface area (Å²) in [6.45, 7) is 2.38. The zero-order valence-corrected chi connectivity index (χ0v) is 19.6. The molecule has 1 heterocycles. The Morgan fingerprint density at radius 1 is 1.00 bits per heavy atom. The molecule has 0 atom stereocenters. The van der Waals surface area contributed by atoms with Gasteiger partial charge in [0.2, 0.25) is 0 Å². The number of phenolic OH excluding ortho intramolecular Hbond substituents is 1. The molecule has 4 nitrogen and oxygen atoms in total. The second-order valence-electron chi connectivity index (χ2n) is 7.24. The van der Waals surface area contributed by atoms with Crippen LogP contribution in [-0.4, -0.2) is 22.7 Å². The van der Waals surface area contributed by atoms with Crippen LogP contribution in [0.3, 0.4) is 0 Å². The molecule has 0 amide bonds. The van der Waals surface area contributed by atoms with E-state index in [1.807, 2.05) is 55.5 Å². The molecule has 32 heavy (non-hydrogen) atoms. The molecule has 4 aromatic rings. The molecule has 3 aromatic carbocycles. The number of hydrogen-bond acceptors (Lipinski definition) is 4. The number of alkyl halides is 1. The van der Waals surface area contributed by atoms with Gasteiger partial charge >= 0.3 is 5.97 Å². The van der Waals surface area contributed by atoms with Crippen LogP contribution in [0.1, 0.15) is 24.5 Å². The smallest absolute Gasteiger partial charge is 0.310 e. The van der Waals surface area contributed by atoms with E-state index in [0.29, 0.717) is 6.61 Å². The molecule has 0 aliphatic carbocycles. The molecule has 0 fully saturated rings. The summed E-state index contributed by atoms with van der Waals surface area (Å²) < 4.78 is 5.21. The van der Waals surface area contributed by atoms with Gasteiger partial charge in [-0.2, -0.15) is 0 Å². The lowest BCUT2D eigenvalue weighted by molar-refractivity contribution is -0.142. The Morgan fingerprint density at radius 3 is 2.44 bits per heavy atom. The Kier molecular flexibility index (Phi) is 8.81. The van der Waals surface area contributed by atoms with Crippen molar-refractivity contribution < 1.29 is 14.6 Å². The fourth-order valence-electron chi connectivity index (χ4n) is 3.31. The number of esters is 1. The summed E-state index contributed by atoms with van der Waals surface area (Å²) >= 11 is 3.36. The second-order valence-corrected chi connectivity index (χ2v) is 7.80. The number of benzene rings is 3. The van der Waals surface area contributed by atoms with Crippen LogP contribution in [0.5, 0.6) is 5.75 Å². The SMILES string of the molecule is BrCc1ccccc1.CCCOC(=O)Cc1cnc2ccccc2c1-c1cccc(O)c1. The Bertz CT molecular complexity index is 1160. The van der Waals surface area contributed by atoms with Gasteiger partial charge < -0.3 is 9.84 Å². The Morgan fingerprint density at radius 2 is 1.75 bits per heavy atom. The maximum atomic E-state index is 12.1. The highest BCUT2D eigenvalue weighted by atomic mass is 79.9. The maximum absolute atomic E-state index is 12.1. The van der Waals surface area contributed by atoms with Gasteiger partial charge in [0.05, 0.1) is 18.5 Å². The molecule has 1 N–H and O–H groups in total. The third-order valence-electron chi connectivity index (χ3n) is 4.79. The van der Waals surface area contributed by atoms with Gasteiger partial charge in [-0.15, -0.1) is 0 Å². The van der Waals surface area contributed by atoms with Crippen molar-refractivity contribution in [3.05, 3.63) is 96.2 Å². The monoisotopic (exact) mass is 491 g/mol. The van der Waals surface area contributed by atoms with Crippen LogP contribution < -0.4 is 0 Å². The molecule has 0 aliphatic heterocycles. The molecule has 0 unspecified atom stereocenters. The van der Waals surface area contributed by atoms with Gasteiger partial charge in [0.15, 0.2) is 0 Å². The number of aromatic nitrogens is 1. The first-order valence-corrected chi connectivity index (χ1v) is 11.7. The van der Waals surface area contributed by atoms with Crippen LogP contribution in [0, 0.1) is 0 Å². The number of rotatable bonds is 6. The molecule has 0 radical (unpaired) electrons. The predicted molar refractivity (Wildman–Crippen MR) is 133 cm³/mol. The van der Waals surface area contributed by atoms with Gasteiger partial charge in [0.1, 0.15) is 5.75 Å². The van der Waals surface area contributed by atoms with Crippen molar-refractivity contribution in [3.8, 4) is 16.9 Å². The Balaban J connectivity index is 0.000000305. The van der Waals surface area contributed by atoms with E-state index in [0.717, 1.165) is 39.3 Å². The highest BCUT2D eigenvalue weighted by Gasteiger charge is 2.15. The topological polar surface area (TPSA) is 59.4 Å². The standard InChI is InChI=1S/C20H19NO3.C7H7Br/c1-2-10-24-19(23)12-15-13-21-18-9-4-3-8-17(18)20(15)14-6-5-7-16(22)11-14;8-6-7-4-2-1-3-5-7/h3-9,11,13,22H,2,10,12H2,1H3;1-5H,6H2. The third-order valence-corrected chi connectivity index (χ3v) is 5.44. The molecule has 1 aromatic heterocycles. The van der Waals surface area contributed by atoms with E-state index in [9.17, 15) is 9.90 Å². The highest BCUT2D eigenvalue weighted by Crippen LogP contribution is 2.33. The highest BCUT2D eigenvalue weighted by molar-refractivity contribution is 9.08. The second kappa shape index (κ2) is 12.0. The van der Waals surface area contributed by atoms with Crippen LogP contribution >= 0.6 is 15.9 Å². The van der Waals surface area contributed by atoms with Crippen LogP contribution in [0.2, 0.25) is 0 Å². The summed E-state index contributed by atoms with van der Waals surface area (Å²) in [4.78, 5) is 16.5. The minimum atomic E-state index is -0.268. The van der Waals surface area contributed by atoms with E-state index >= 15 is 0 Å².